The quantitative estimate of drug-likeness (QED) is 0.802. The summed E-state index contributed by atoms with van der Waals surface area (Å²) in [6.07, 6.45) is 7.39. The van der Waals surface area contributed by atoms with Gasteiger partial charge in [-0.05, 0) is 44.2 Å². The van der Waals surface area contributed by atoms with Gasteiger partial charge in [0.25, 0.3) is 11.5 Å². The number of hydrogen-bond donors (Lipinski definition) is 1. The van der Waals surface area contributed by atoms with Crippen molar-refractivity contribution >= 4 is 5.91 Å². The number of aromatic nitrogens is 1. The van der Waals surface area contributed by atoms with Crippen LogP contribution in [0.25, 0.3) is 0 Å². The molecule has 1 aliphatic heterocycles. The first-order valence-electron chi connectivity index (χ1n) is 7.24. The number of unbranched alkanes of at least 4 members (excludes halogenated alkanes) is 1. The van der Waals surface area contributed by atoms with Gasteiger partial charge in [-0.15, -0.1) is 0 Å². The molecule has 0 aromatic carbocycles. The zero-order valence-electron chi connectivity index (χ0n) is 11.9. The molecule has 2 heterocycles. The van der Waals surface area contributed by atoms with Gasteiger partial charge in [-0.2, -0.15) is 0 Å². The molecule has 20 heavy (non-hydrogen) atoms. The van der Waals surface area contributed by atoms with Gasteiger partial charge in [0.1, 0.15) is 5.56 Å². The summed E-state index contributed by atoms with van der Waals surface area (Å²) in [6.45, 7) is 1.49. The van der Waals surface area contributed by atoms with Crippen molar-refractivity contribution in [2.75, 3.05) is 13.2 Å². The van der Waals surface area contributed by atoms with Gasteiger partial charge in [0.15, 0.2) is 0 Å². The topological polar surface area (TPSA) is 60.3 Å². The zero-order chi connectivity index (χ0) is 14.4. The van der Waals surface area contributed by atoms with E-state index in [-0.39, 0.29) is 17.0 Å². The number of aryl methyl sites for hydroxylation is 1. The van der Waals surface area contributed by atoms with Crippen LogP contribution in [0.3, 0.4) is 0 Å². The molecule has 0 radical (unpaired) electrons. The third-order valence-electron chi connectivity index (χ3n) is 3.63. The van der Waals surface area contributed by atoms with Gasteiger partial charge in [-0.3, -0.25) is 9.59 Å². The van der Waals surface area contributed by atoms with Crippen LogP contribution < -0.4 is 10.9 Å². The summed E-state index contributed by atoms with van der Waals surface area (Å²) < 4.78 is 6.96. The molecule has 5 nitrogen and oxygen atoms in total. The molecule has 2 rings (SSSR count). The number of nitrogens with one attached hydrogen (secondary N) is 1. The van der Waals surface area contributed by atoms with Crippen molar-refractivity contribution in [1.29, 1.82) is 0 Å². The minimum Gasteiger partial charge on any atom is -0.378 e. The summed E-state index contributed by atoms with van der Waals surface area (Å²) >= 11 is 0. The van der Waals surface area contributed by atoms with Gasteiger partial charge in [0.2, 0.25) is 0 Å². The van der Waals surface area contributed by atoms with E-state index in [2.05, 4.69) is 5.32 Å². The lowest BCUT2D eigenvalue weighted by atomic mass is 10.1. The smallest absolute Gasteiger partial charge is 0.263 e. The molecule has 1 fully saturated rings. The summed E-state index contributed by atoms with van der Waals surface area (Å²) in [4.78, 5) is 23.6. The number of rotatable bonds is 6. The number of amides is 1. The maximum atomic E-state index is 11.9. The van der Waals surface area contributed by atoms with Gasteiger partial charge in [-0.25, -0.2) is 0 Å². The van der Waals surface area contributed by atoms with Gasteiger partial charge in [0.05, 0.1) is 6.10 Å². The van der Waals surface area contributed by atoms with E-state index in [4.69, 9.17) is 4.74 Å². The highest BCUT2D eigenvalue weighted by Crippen LogP contribution is 2.17. The maximum absolute atomic E-state index is 11.9. The lowest BCUT2D eigenvalue weighted by molar-refractivity contribution is 0.0945. The Morgan fingerprint density at radius 3 is 3.10 bits per heavy atom. The Hall–Kier alpha value is -1.62. The number of pyridine rings is 1. The van der Waals surface area contributed by atoms with Crippen molar-refractivity contribution in [1.82, 2.24) is 9.88 Å². The molecule has 1 aromatic heterocycles. The number of ether oxygens (including phenoxy) is 1. The van der Waals surface area contributed by atoms with E-state index in [0.717, 1.165) is 32.3 Å². The van der Waals surface area contributed by atoms with Crippen molar-refractivity contribution in [2.45, 2.75) is 38.2 Å². The van der Waals surface area contributed by atoms with E-state index in [1.54, 1.807) is 25.4 Å². The summed E-state index contributed by atoms with van der Waals surface area (Å²) in [5, 5.41) is 2.80. The molecule has 1 aliphatic rings. The molecular weight excluding hydrogens is 256 g/mol. The van der Waals surface area contributed by atoms with Crippen LogP contribution in [0.5, 0.6) is 0 Å². The lowest BCUT2D eigenvalue weighted by Crippen LogP contribution is -2.32. The Morgan fingerprint density at radius 2 is 2.35 bits per heavy atom. The Kier molecular flexibility index (Phi) is 5.35. The third kappa shape index (κ3) is 3.93. The van der Waals surface area contributed by atoms with E-state index >= 15 is 0 Å². The van der Waals surface area contributed by atoms with Crippen LogP contribution in [-0.4, -0.2) is 29.7 Å². The highest BCUT2D eigenvalue weighted by Gasteiger charge is 2.14. The molecule has 1 amide bonds. The average molecular weight is 278 g/mol. The summed E-state index contributed by atoms with van der Waals surface area (Å²) in [7, 11) is 1.64. The fourth-order valence-electron chi connectivity index (χ4n) is 2.44. The first-order chi connectivity index (χ1) is 9.68. The molecule has 1 saturated heterocycles. The predicted molar refractivity (Wildman–Crippen MR) is 76.8 cm³/mol. The van der Waals surface area contributed by atoms with Crippen LogP contribution in [0.1, 0.15) is 42.5 Å². The molecular formula is C15H22N2O3. The van der Waals surface area contributed by atoms with Gasteiger partial charge in [-0.1, -0.05) is 0 Å². The van der Waals surface area contributed by atoms with Crippen LogP contribution in [0, 0.1) is 0 Å². The molecule has 0 bridgehead atoms. The fourth-order valence-corrected chi connectivity index (χ4v) is 2.44. The second-order valence-corrected chi connectivity index (χ2v) is 5.22. The molecule has 5 heteroatoms. The summed E-state index contributed by atoms with van der Waals surface area (Å²) in [6, 6.07) is 3.26. The average Bonchev–Trinajstić information content (AvgIpc) is 2.94. The highest BCUT2D eigenvalue weighted by molar-refractivity contribution is 5.93. The zero-order valence-corrected chi connectivity index (χ0v) is 11.9. The SMILES string of the molecule is Cn1cccc(C(=O)NCCCC[C@@H]2CCCO2)c1=O. The van der Waals surface area contributed by atoms with Crippen molar-refractivity contribution in [3.05, 3.63) is 34.2 Å². The van der Waals surface area contributed by atoms with Crippen LogP contribution >= 0.6 is 0 Å². The lowest BCUT2D eigenvalue weighted by Gasteiger charge is -2.09. The number of carbonyl (C=O) groups excluding carboxylic acids is 1. The molecule has 1 atom stereocenters. The first-order valence-corrected chi connectivity index (χ1v) is 7.24. The van der Waals surface area contributed by atoms with Crippen molar-refractivity contribution in [2.24, 2.45) is 7.05 Å². The van der Waals surface area contributed by atoms with Gasteiger partial charge in [0, 0.05) is 26.4 Å². The number of carbonyl (C=O) groups is 1. The molecule has 0 saturated carbocycles. The molecule has 0 spiro atoms. The van der Waals surface area contributed by atoms with Crippen LogP contribution in [0.2, 0.25) is 0 Å². The molecule has 1 N–H and O–H groups in total. The standard InChI is InChI=1S/C15H22N2O3/c1-17-10-4-8-13(15(17)19)14(18)16-9-3-2-6-12-7-5-11-20-12/h4,8,10,12H,2-3,5-7,9,11H2,1H3,(H,16,18)/t12-/m1/s1. The van der Waals surface area contributed by atoms with Crippen molar-refractivity contribution in [3.63, 3.8) is 0 Å². The number of hydrogen-bond acceptors (Lipinski definition) is 3. The fraction of sp³-hybridized carbons (Fsp3) is 0.600. The van der Waals surface area contributed by atoms with Gasteiger partial charge < -0.3 is 14.6 Å². The third-order valence-corrected chi connectivity index (χ3v) is 3.63. The molecule has 0 aliphatic carbocycles. The van der Waals surface area contributed by atoms with Crippen LogP contribution in [0.15, 0.2) is 23.1 Å². The van der Waals surface area contributed by atoms with E-state index in [9.17, 15) is 9.59 Å². The molecule has 110 valence electrons. The maximum Gasteiger partial charge on any atom is 0.263 e. The minimum atomic E-state index is -0.289. The number of nitrogens with zero attached hydrogens (tertiary/aromatic N) is 1. The van der Waals surface area contributed by atoms with Crippen molar-refractivity contribution < 1.29 is 9.53 Å². The van der Waals surface area contributed by atoms with Crippen LogP contribution in [-0.2, 0) is 11.8 Å². The van der Waals surface area contributed by atoms with Crippen LogP contribution in [0.4, 0.5) is 0 Å². The van der Waals surface area contributed by atoms with E-state index in [0.29, 0.717) is 12.6 Å². The largest absolute Gasteiger partial charge is 0.378 e. The van der Waals surface area contributed by atoms with E-state index in [1.165, 1.54) is 11.0 Å². The molecule has 1 aromatic rings. The van der Waals surface area contributed by atoms with Gasteiger partial charge >= 0.3 is 0 Å². The second-order valence-electron chi connectivity index (χ2n) is 5.22. The van der Waals surface area contributed by atoms with E-state index < -0.39 is 0 Å². The van der Waals surface area contributed by atoms with Crippen molar-refractivity contribution in [3.8, 4) is 0 Å². The highest BCUT2D eigenvalue weighted by atomic mass is 16.5. The summed E-state index contributed by atoms with van der Waals surface area (Å²) in [5.74, 6) is -0.289. The summed E-state index contributed by atoms with van der Waals surface area (Å²) in [5.41, 5.74) is -0.0570. The Labute approximate surface area is 118 Å². The second kappa shape index (κ2) is 7.24. The first kappa shape index (κ1) is 14.8. The van der Waals surface area contributed by atoms with E-state index in [1.807, 2.05) is 0 Å². The Balaban J connectivity index is 1.69. The Bertz CT molecular complexity index is 504. The minimum absolute atomic E-state index is 0.203. The normalized spacial score (nSPS) is 18.1. The monoisotopic (exact) mass is 278 g/mol. The Morgan fingerprint density at radius 1 is 1.50 bits per heavy atom. The predicted octanol–water partition coefficient (Wildman–Crippen LogP) is 1.46. The molecule has 0 unspecified atom stereocenters.